The Morgan fingerprint density at radius 3 is 2.56 bits per heavy atom. The second kappa shape index (κ2) is 7.56. The third-order valence-electron chi connectivity index (χ3n) is 4.67. The van der Waals surface area contributed by atoms with Crippen molar-refractivity contribution in [3.05, 3.63) is 96.1 Å². The van der Waals surface area contributed by atoms with E-state index in [2.05, 4.69) is 10.3 Å². The van der Waals surface area contributed by atoms with Crippen LogP contribution >= 0.6 is 0 Å². The summed E-state index contributed by atoms with van der Waals surface area (Å²) in [6.07, 6.45) is 3.60. The minimum Gasteiger partial charge on any atom is -0.508 e. The van der Waals surface area contributed by atoms with Gasteiger partial charge in [0.25, 0.3) is 0 Å². The van der Waals surface area contributed by atoms with Crippen LogP contribution in [0.4, 0.5) is 4.39 Å². The van der Waals surface area contributed by atoms with Crippen LogP contribution < -0.4 is 5.32 Å². The summed E-state index contributed by atoms with van der Waals surface area (Å²) < 4.78 is 13.6. The molecule has 0 radical (unpaired) electrons. The van der Waals surface area contributed by atoms with Gasteiger partial charge in [-0.25, -0.2) is 4.39 Å². The molecule has 3 nitrogen and oxygen atoms in total. The second-order valence-corrected chi connectivity index (χ2v) is 6.44. The van der Waals surface area contributed by atoms with Crippen LogP contribution in [0.3, 0.4) is 0 Å². The first-order valence-electron chi connectivity index (χ1n) is 8.81. The molecule has 27 heavy (non-hydrogen) atoms. The molecule has 4 aromatic rings. The number of phenolic OH excluding ortho intramolecular Hbond substituents is 1. The summed E-state index contributed by atoms with van der Waals surface area (Å²) in [5.74, 6) is 0.0427. The minimum atomic E-state index is -0.247. The summed E-state index contributed by atoms with van der Waals surface area (Å²) >= 11 is 0. The Labute approximate surface area is 157 Å². The quantitative estimate of drug-likeness (QED) is 0.525. The highest BCUT2D eigenvalue weighted by Gasteiger charge is 2.09. The molecular weight excluding hydrogens is 339 g/mol. The second-order valence-electron chi connectivity index (χ2n) is 6.44. The zero-order valence-corrected chi connectivity index (χ0v) is 14.7. The number of halogens is 1. The van der Waals surface area contributed by atoms with E-state index in [0.717, 1.165) is 33.0 Å². The molecule has 3 aromatic carbocycles. The number of aromatic nitrogens is 1. The van der Waals surface area contributed by atoms with Gasteiger partial charge in [-0.3, -0.25) is 4.98 Å². The number of benzene rings is 3. The van der Waals surface area contributed by atoms with Crippen molar-refractivity contribution in [1.82, 2.24) is 10.3 Å². The first-order valence-corrected chi connectivity index (χ1v) is 8.81. The van der Waals surface area contributed by atoms with E-state index < -0.39 is 0 Å². The van der Waals surface area contributed by atoms with E-state index in [4.69, 9.17) is 0 Å². The van der Waals surface area contributed by atoms with Crippen LogP contribution in [0.15, 0.2) is 79.1 Å². The fourth-order valence-corrected chi connectivity index (χ4v) is 3.30. The average molecular weight is 358 g/mol. The smallest absolute Gasteiger partial charge is 0.123 e. The molecule has 1 heterocycles. The Morgan fingerprint density at radius 1 is 0.852 bits per heavy atom. The predicted octanol–water partition coefficient (Wildman–Crippen LogP) is 5.04. The lowest BCUT2D eigenvalue weighted by molar-refractivity contribution is 0.464. The Balaban J connectivity index is 1.63. The first-order chi connectivity index (χ1) is 13.2. The van der Waals surface area contributed by atoms with Gasteiger partial charge in [0.2, 0.25) is 0 Å². The van der Waals surface area contributed by atoms with Gasteiger partial charge in [-0.2, -0.15) is 0 Å². The Morgan fingerprint density at radius 2 is 1.70 bits per heavy atom. The molecular formula is C23H19FN2O. The maximum Gasteiger partial charge on any atom is 0.123 e. The molecule has 0 fully saturated rings. The molecule has 0 aliphatic carbocycles. The van der Waals surface area contributed by atoms with E-state index in [1.54, 1.807) is 24.4 Å². The summed E-state index contributed by atoms with van der Waals surface area (Å²) in [6.45, 7) is 1.21. The molecule has 1 aromatic heterocycles. The van der Waals surface area contributed by atoms with Crippen molar-refractivity contribution in [3.63, 3.8) is 0 Å². The summed E-state index contributed by atoms with van der Waals surface area (Å²) in [6, 6.07) is 20.0. The Bertz CT molecular complexity index is 1090. The van der Waals surface area contributed by atoms with Gasteiger partial charge in [-0.15, -0.1) is 0 Å². The highest BCUT2D eigenvalue weighted by Crippen LogP contribution is 2.30. The highest BCUT2D eigenvalue weighted by molar-refractivity contribution is 5.98. The number of phenols is 1. The average Bonchev–Trinajstić information content (AvgIpc) is 2.69. The number of pyridine rings is 1. The topological polar surface area (TPSA) is 45.1 Å². The monoisotopic (exact) mass is 358 g/mol. The summed E-state index contributed by atoms with van der Waals surface area (Å²) in [4.78, 5) is 4.26. The number of rotatable bonds is 5. The number of aromatic hydroxyl groups is 1. The highest BCUT2D eigenvalue weighted by atomic mass is 19.1. The Kier molecular flexibility index (Phi) is 4.81. The standard InChI is InChI=1S/C23H19FN2O/c24-19-6-3-5-16(12-19)20-9-8-17(22-15-25-11-10-21(20)22)13-26-14-18-4-1-2-7-23(18)27/h1-12,15,26-27H,13-14H2. The zero-order chi connectivity index (χ0) is 18.6. The molecule has 0 unspecified atom stereocenters. The van der Waals surface area contributed by atoms with Crippen LogP contribution in [0.1, 0.15) is 11.1 Å². The van der Waals surface area contributed by atoms with E-state index in [1.807, 2.05) is 48.7 Å². The molecule has 0 saturated carbocycles. The third kappa shape index (κ3) is 3.66. The lowest BCUT2D eigenvalue weighted by Crippen LogP contribution is -2.13. The van der Waals surface area contributed by atoms with Gasteiger partial charge < -0.3 is 10.4 Å². The van der Waals surface area contributed by atoms with Crippen molar-refractivity contribution >= 4 is 10.8 Å². The molecule has 4 heteroatoms. The lowest BCUT2D eigenvalue weighted by Gasteiger charge is -2.12. The van der Waals surface area contributed by atoms with E-state index in [0.29, 0.717) is 13.1 Å². The van der Waals surface area contributed by atoms with Crippen LogP contribution in [-0.4, -0.2) is 10.1 Å². The SMILES string of the molecule is Oc1ccccc1CNCc1ccc(-c2cccc(F)c2)c2ccncc12. The van der Waals surface area contributed by atoms with Crippen molar-refractivity contribution in [1.29, 1.82) is 0 Å². The summed E-state index contributed by atoms with van der Waals surface area (Å²) in [7, 11) is 0. The van der Waals surface area contributed by atoms with Crippen LogP contribution in [0.2, 0.25) is 0 Å². The molecule has 134 valence electrons. The van der Waals surface area contributed by atoms with Crippen molar-refractivity contribution in [2.75, 3.05) is 0 Å². The molecule has 2 N–H and O–H groups in total. The van der Waals surface area contributed by atoms with E-state index in [9.17, 15) is 9.50 Å². The molecule has 0 aliphatic heterocycles. The van der Waals surface area contributed by atoms with Crippen LogP contribution in [0.25, 0.3) is 21.9 Å². The van der Waals surface area contributed by atoms with Crippen molar-refractivity contribution in [3.8, 4) is 16.9 Å². The molecule has 0 aliphatic rings. The van der Waals surface area contributed by atoms with Gasteiger partial charge in [0.15, 0.2) is 0 Å². The molecule has 0 amide bonds. The fraction of sp³-hybridized carbons (Fsp3) is 0.0870. The number of hydrogen-bond donors (Lipinski definition) is 2. The van der Waals surface area contributed by atoms with Gasteiger partial charge in [0, 0.05) is 36.4 Å². The zero-order valence-electron chi connectivity index (χ0n) is 14.7. The molecule has 0 saturated heterocycles. The van der Waals surface area contributed by atoms with Crippen LogP contribution in [0, 0.1) is 5.82 Å². The van der Waals surface area contributed by atoms with Crippen LogP contribution in [0.5, 0.6) is 5.75 Å². The van der Waals surface area contributed by atoms with Gasteiger partial charge in [-0.1, -0.05) is 42.5 Å². The van der Waals surface area contributed by atoms with Crippen molar-refractivity contribution in [2.45, 2.75) is 13.1 Å². The first kappa shape index (κ1) is 17.2. The van der Waals surface area contributed by atoms with Gasteiger partial charge in [0.1, 0.15) is 11.6 Å². The summed E-state index contributed by atoms with van der Waals surface area (Å²) in [5, 5.41) is 15.3. The number of hydrogen-bond acceptors (Lipinski definition) is 3. The Hall–Kier alpha value is -3.24. The van der Waals surface area contributed by atoms with Crippen molar-refractivity contribution in [2.24, 2.45) is 0 Å². The predicted molar refractivity (Wildman–Crippen MR) is 106 cm³/mol. The molecule has 0 atom stereocenters. The maximum absolute atomic E-state index is 13.6. The van der Waals surface area contributed by atoms with E-state index in [1.165, 1.54) is 6.07 Å². The normalized spacial score (nSPS) is 11.0. The largest absolute Gasteiger partial charge is 0.508 e. The molecule has 0 bridgehead atoms. The number of fused-ring (bicyclic) bond motifs is 1. The van der Waals surface area contributed by atoms with E-state index in [-0.39, 0.29) is 11.6 Å². The summed E-state index contributed by atoms with van der Waals surface area (Å²) in [5.41, 5.74) is 3.79. The third-order valence-corrected chi connectivity index (χ3v) is 4.67. The molecule has 4 rings (SSSR count). The molecule has 0 spiro atoms. The van der Waals surface area contributed by atoms with Gasteiger partial charge in [-0.05, 0) is 46.3 Å². The van der Waals surface area contributed by atoms with Gasteiger partial charge >= 0.3 is 0 Å². The van der Waals surface area contributed by atoms with E-state index >= 15 is 0 Å². The van der Waals surface area contributed by atoms with Gasteiger partial charge in [0.05, 0.1) is 0 Å². The lowest BCUT2D eigenvalue weighted by atomic mass is 9.96. The van der Waals surface area contributed by atoms with Crippen molar-refractivity contribution < 1.29 is 9.50 Å². The minimum absolute atomic E-state index is 0.247. The maximum atomic E-state index is 13.6. The number of nitrogens with zero attached hydrogens (tertiary/aromatic N) is 1. The fourth-order valence-electron chi connectivity index (χ4n) is 3.30. The number of nitrogens with one attached hydrogen (secondary N) is 1. The van der Waals surface area contributed by atoms with Crippen LogP contribution in [-0.2, 0) is 13.1 Å². The number of para-hydroxylation sites is 1.